The van der Waals surface area contributed by atoms with Crippen LogP contribution in [0.25, 0.3) is 0 Å². The Morgan fingerprint density at radius 1 is 1.16 bits per heavy atom. The summed E-state index contributed by atoms with van der Waals surface area (Å²) in [4.78, 5) is -0.137. The third-order valence-corrected chi connectivity index (χ3v) is 8.32. The van der Waals surface area contributed by atoms with E-state index in [1.165, 1.54) is 40.4 Å². The summed E-state index contributed by atoms with van der Waals surface area (Å²) in [5, 5.41) is 6.36. The summed E-state index contributed by atoms with van der Waals surface area (Å²) >= 11 is 0. The molecule has 1 aromatic carbocycles. The van der Waals surface area contributed by atoms with Crippen LogP contribution >= 0.6 is 0 Å². The van der Waals surface area contributed by atoms with Crippen molar-refractivity contribution >= 4 is 19.9 Å². The Balaban J connectivity index is 1.77. The van der Waals surface area contributed by atoms with E-state index in [1.807, 2.05) is 0 Å². The highest BCUT2D eigenvalue weighted by molar-refractivity contribution is 7.92. The summed E-state index contributed by atoms with van der Waals surface area (Å²) in [6.07, 6.45) is 1.59. The van der Waals surface area contributed by atoms with Crippen molar-refractivity contribution < 1.29 is 21.2 Å². The molecule has 1 aliphatic rings. The van der Waals surface area contributed by atoms with Crippen LogP contribution in [0, 0.1) is 5.82 Å². The molecule has 0 aliphatic carbocycles. The molecule has 0 N–H and O–H groups in total. The molecule has 0 radical (unpaired) electrons. The van der Waals surface area contributed by atoms with Gasteiger partial charge in [0.1, 0.15) is 12.1 Å². The number of hydrogen-bond acceptors (Lipinski definition) is 6. The van der Waals surface area contributed by atoms with Crippen molar-refractivity contribution in [2.24, 2.45) is 7.05 Å². The van der Waals surface area contributed by atoms with Crippen LogP contribution < -0.4 is 0 Å². The first-order valence-corrected chi connectivity index (χ1v) is 10.5. The molecule has 136 valence electrons. The van der Waals surface area contributed by atoms with Gasteiger partial charge < -0.3 is 4.57 Å². The maximum absolute atomic E-state index is 13.3. The molecule has 1 fully saturated rings. The van der Waals surface area contributed by atoms with Gasteiger partial charge in [-0.2, -0.15) is 4.31 Å². The van der Waals surface area contributed by atoms with E-state index in [0.29, 0.717) is 0 Å². The van der Waals surface area contributed by atoms with Gasteiger partial charge in [-0.1, -0.05) is 6.07 Å². The second-order valence-corrected chi connectivity index (χ2v) is 9.89. The lowest BCUT2D eigenvalue weighted by Crippen LogP contribution is -2.42. The Kier molecular flexibility index (Phi) is 4.64. The van der Waals surface area contributed by atoms with Crippen LogP contribution in [-0.4, -0.2) is 54.2 Å². The van der Waals surface area contributed by atoms with Crippen molar-refractivity contribution in [1.82, 2.24) is 19.1 Å². The van der Waals surface area contributed by atoms with Crippen LogP contribution in [0.15, 0.2) is 40.6 Å². The van der Waals surface area contributed by atoms with Crippen molar-refractivity contribution in [3.63, 3.8) is 0 Å². The van der Waals surface area contributed by atoms with Gasteiger partial charge in [-0.15, -0.1) is 10.2 Å². The van der Waals surface area contributed by atoms with Gasteiger partial charge in [0.2, 0.25) is 25.0 Å². The highest BCUT2D eigenvalue weighted by atomic mass is 32.2. The van der Waals surface area contributed by atoms with E-state index in [9.17, 15) is 21.2 Å². The first kappa shape index (κ1) is 18.0. The normalized spacial score (nSPS) is 17.7. The third kappa shape index (κ3) is 3.31. The highest BCUT2D eigenvalue weighted by Gasteiger charge is 2.37. The van der Waals surface area contributed by atoms with Gasteiger partial charge in [0.25, 0.3) is 0 Å². The number of sulfonamides is 1. The molecule has 2 heterocycles. The summed E-state index contributed by atoms with van der Waals surface area (Å²) in [6, 6.07) is 4.77. The van der Waals surface area contributed by atoms with Crippen molar-refractivity contribution in [2.45, 2.75) is 28.1 Å². The SMILES string of the molecule is Cn1cnnc1S(=O)(=O)C1CCN(S(=O)(=O)c2cccc(F)c2)CC1. The second-order valence-electron chi connectivity index (χ2n) is 5.83. The Hall–Kier alpha value is -1.85. The Labute approximate surface area is 145 Å². The molecular formula is C14H17FN4O4S2. The van der Waals surface area contributed by atoms with E-state index in [1.54, 1.807) is 0 Å². The van der Waals surface area contributed by atoms with E-state index in [0.717, 1.165) is 6.07 Å². The van der Waals surface area contributed by atoms with Crippen LogP contribution in [0.1, 0.15) is 12.8 Å². The monoisotopic (exact) mass is 388 g/mol. The van der Waals surface area contributed by atoms with Gasteiger partial charge >= 0.3 is 0 Å². The van der Waals surface area contributed by atoms with Gasteiger partial charge in [-0.25, -0.2) is 21.2 Å². The Morgan fingerprint density at radius 2 is 1.84 bits per heavy atom. The van der Waals surface area contributed by atoms with Crippen molar-refractivity contribution in [1.29, 1.82) is 0 Å². The predicted octanol–water partition coefficient (Wildman–Crippen LogP) is 0.581. The smallest absolute Gasteiger partial charge is 0.249 e. The number of piperidine rings is 1. The number of aryl methyl sites for hydroxylation is 1. The van der Waals surface area contributed by atoms with Crippen LogP contribution in [0.5, 0.6) is 0 Å². The molecule has 2 aromatic rings. The quantitative estimate of drug-likeness (QED) is 0.759. The molecule has 11 heteroatoms. The molecule has 0 spiro atoms. The average molecular weight is 388 g/mol. The number of halogens is 1. The number of nitrogens with zero attached hydrogens (tertiary/aromatic N) is 4. The number of aromatic nitrogens is 3. The lowest BCUT2D eigenvalue weighted by atomic mass is 10.2. The molecule has 0 saturated carbocycles. The van der Waals surface area contributed by atoms with E-state index in [-0.39, 0.29) is 36.0 Å². The fraction of sp³-hybridized carbons (Fsp3) is 0.429. The van der Waals surface area contributed by atoms with Gasteiger partial charge in [0, 0.05) is 20.1 Å². The zero-order valence-electron chi connectivity index (χ0n) is 13.4. The minimum atomic E-state index is -3.85. The molecule has 0 unspecified atom stereocenters. The molecule has 0 bridgehead atoms. The van der Waals surface area contributed by atoms with Crippen LogP contribution in [0.3, 0.4) is 0 Å². The average Bonchev–Trinajstić information content (AvgIpc) is 3.02. The zero-order chi connectivity index (χ0) is 18.2. The lowest BCUT2D eigenvalue weighted by molar-refractivity contribution is 0.344. The molecule has 3 rings (SSSR count). The van der Waals surface area contributed by atoms with Crippen LogP contribution in [0.4, 0.5) is 4.39 Å². The first-order chi connectivity index (χ1) is 11.7. The van der Waals surface area contributed by atoms with E-state index < -0.39 is 30.9 Å². The molecule has 25 heavy (non-hydrogen) atoms. The van der Waals surface area contributed by atoms with Crippen molar-refractivity contribution in [3.05, 3.63) is 36.4 Å². The predicted molar refractivity (Wildman–Crippen MR) is 86.4 cm³/mol. The second kappa shape index (κ2) is 6.46. The molecule has 0 atom stereocenters. The van der Waals surface area contributed by atoms with Crippen LogP contribution in [0.2, 0.25) is 0 Å². The summed E-state index contributed by atoms with van der Waals surface area (Å²) < 4.78 is 66.1. The minimum Gasteiger partial charge on any atom is -0.308 e. The number of sulfone groups is 1. The van der Waals surface area contributed by atoms with Gasteiger partial charge in [0.05, 0.1) is 10.1 Å². The maximum Gasteiger partial charge on any atom is 0.249 e. The third-order valence-electron chi connectivity index (χ3n) is 4.20. The molecule has 1 aromatic heterocycles. The molecule has 0 amide bonds. The first-order valence-electron chi connectivity index (χ1n) is 7.56. The fourth-order valence-electron chi connectivity index (χ4n) is 2.84. The summed E-state index contributed by atoms with van der Waals surface area (Å²) in [7, 11) is -5.99. The number of rotatable bonds is 4. The number of benzene rings is 1. The number of hydrogen-bond donors (Lipinski definition) is 0. The maximum atomic E-state index is 13.3. The molecule has 1 saturated heterocycles. The van der Waals surface area contributed by atoms with E-state index >= 15 is 0 Å². The van der Waals surface area contributed by atoms with Crippen molar-refractivity contribution in [2.75, 3.05) is 13.1 Å². The summed E-state index contributed by atoms with van der Waals surface area (Å²) in [6.45, 7) is 0.0845. The Morgan fingerprint density at radius 3 is 2.40 bits per heavy atom. The lowest BCUT2D eigenvalue weighted by Gasteiger charge is -2.30. The van der Waals surface area contributed by atoms with E-state index in [4.69, 9.17) is 0 Å². The molecule has 1 aliphatic heterocycles. The fourth-order valence-corrected chi connectivity index (χ4v) is 6.08. The van der Waals surface area contributed by atoms with Crippen molar-refractivity contribution in [3.8, 4) is 0 Å². The zero-order valence-corrected chi connectivity index (χ0v) is 15.0. The topological polar surface area (TPSA) is 102 Å². The van der Waals surface area contributed by atoms with Gasteiger partial charge in [-0.3, -0.25) is 0 Å². The largest absolute Gasteiger partial charge is 0.308 e. The van der Waals surface area contributed by atoms with Gasteiger partial charge in [0.15, 0.2) is 0 Å². The standard InChI is InChI=1S/C14H17FN4O4S2/c1-18-10-16-17-14(18)24(20,21)12-5-7-19(8-6-12)25(22,23)13-4-2-3-11(15)9-13/h2-4,9-10,12H,5-8H2,1H3. The minimum absolute atomic E-state index is 0.0423. The summed E-state index contributed by atoms with van der Waals surface area (Å²) in [5.74, 6) is -0.638. The van der Waals surface area contributed by atoms with E-state index in [2.05, 4.69) is 10.2 Å². The van der Waals surface area contributed by atoms with Gasteiger partial charge in [-0.05, 0) is 31.0 Å². The summed E-state index contributed by atoms with van der Waals surface area (Å²) in [5.41, 5.74) is 0. The highest BCUT2D eigenvalue weighted by Crippen LogP contribution is 2.26. The Bertz CT molecular complexity index is 980. The van der Waals surface area contributed by atoms with Crippen LogP contribution in [-0.2, 0) is 26.9 Å². The molecular weight excluding hydrogens is 371 g/mol. The molecule has 8 nitrogen and oxygen atoms in total.